The average molecular weight is 313 g/mol. The summed E-state index contributed by atoms with van der Waals surface area (Å²) in [5.41, 5.74) is 0. The van der Waals surface area contributed by atoms with Crippen molar-refractivity contribution in [1.29, 1.82) is 0 Å². The molecule has 1 aliphatic rings. The summed E-state index contributed by atoms with van der Waals surface area (Å²) in [5.74, 6) is 1.78. The maximum Gasteiger partial charge on any atom is 0.215 e. The molecule has 0 amide bonds. The highest BCUT2D eigenvalue weighted by molar-refractivity contribution is 9.09. The predicted molar refractivity (Wildman–Crippen MR) is 78.8 cm³/mol. The second-order valence-corrected chi connectivity index (χ2v) is 5.27. The number of aromatic nitrogens is 1. The number of anilines is 1. The number of hydrogen-bond donors (Lipinski definition) is 0. The largest absolute Gasteiger partial charge is 0.478 e. The molecule has 3 nitrogen and oxygen atoms in total. The molecule has 18 heavy (non-hydrogen) atoms. The lowest BCUT2D eigenvalue weighted by molar-refractivity contribution is 0.327. The Balaban J connectivity index is 2.18. The maximum atomic E-state index is 5.49. The molecule has 1 aromatic heterocycles. The zero-order chi connectivity index (χ0) is 12.8. The quantitative estimate of drug-likeness (QED) is 0.794. The molecule has 0 radical (unpaired) electrons. The number of rotatable bonds is 4. The predicted octanol–water partition coefficient (Wildman–Crippen LogP) is 3.62. The molecule has 2 heterocycles. The number of halogens is 1. The third kappa shape index (κ3) is 3.37. The molecule has 100 valence electrons. The maximum absolute atomic E-state index is 5.49. The minimum Gasteiger partial charge on any atom is -0.478 e. The lowest BCUT2D eigenvalue weighted by Crippen LogP contribution is -2.36. The lowest BCUT2D eigenvalue weighted by atomic mass is 10.1. The lowest BCUT2D eigenvalue weighted by Gasteiger charge is -2.30. The van der Waals surface area contributed by atoms with Gasteiger partial charge < -0.3 is 9.64 Å². The Morgan fingerprint density at radius 2 is 2.28 bits per heavy atom. The van der Waals surface area contributed by atoms with Crippen LogP contribution in [0.2, 0.25) is 0 Å². The number of ether oxygens (including phenoxy) is 1. The molecule has 0 spiro atoms. The number of alkyl halides is 1. The van der Waals surface area contributed by atoms with E-state index in [2.05, 4.69) is 31.9 Å². The Bertz CT molecular complexity index is 373. The third-order valence-corrected chi connectivity index (χ3v) is 4.10. The second-order valence-electron chi connectivity index (χ2n) is 4.62. The van der Waals surface area contributed by atoms with E-state index in [0.717, 1.165) is 23.6 Å². The Labute approximate surface area is 118 Å². The summed E-state index contributed by atoms with van der Waals surface area (Å²) >= 11 is 3.63. The fraction of sp³-hybridized carbons (Fsp3) is 0.643. The van der Waals surface area contributed by atoms with E-state index in [-0.39, 0.29) is 0 Å². The molecular formula is C14H21BrN2O. The van der Waals surface area contributed by atoms with Gasteiger partial charge in [0.25, 0.3) is 0 Å². The minimum absolute atomic E-state index is 0.553. The van der Waals surface area contributed by atoms with Crippen LogP contribution in [0.1, 0.15) is 32.6 Å². The van der Waals surface area contributed by atoms with Gasteiger partial charge in [-0.3, -0.25) is 0 Å². The highest BCUT2D eigenvalue weighted by Gasteiger charge is 2.21. The Morgan fingerprint density at radius 1 is 1.39 bits per heavy atom. The van der Waals surface area contributed by atoms with Crippen LogP contribution in [0.3, 0.4) is 0 Å². The molecule has 0 saturated carbocycles. The van der Waals surface area contributed by atoms with Gasteiger partial charge in [-0.1, -0.05) is 34.8 Å². The van der Waals surface area contributed by atoms with Gasteiger partial charge in [0.05, 0.1) is 6.61 Å². The van der Waals surface area contributed by atoms with Gasteiger partial charge in [0.15, 0.2) is 0 Å². The van der Waals surface area contributed by atoms with Gasteiger partial charge in [-0.05, 0) is 25.8 Å². The van der Waals surface area contributed by atoms with E-state index in [0.29, 0.717) is 12.6 Å². The molecule has 0 N–H and O–H groups in total. The molecule has 1 aliphatic heterocycles. The zero-order valence-corrected chi connectivity index (χ0v) is 12.5. The standard InChI is InChI=1S/C14H21BrN2O/c1-2-18-14-9-6-8-13(16-14)17-10-5-3-4-7-12(17)11-15/h6,8-9,12H,2-5,7,10-11H2,1H3. The first-order valence-corrected chi connectivity index (χ1v) is 7.89. The summed E-state index contributed by atoms with van der Waals surface area (Å²) in [7, 11) is 0. The summed E-state index contributed by atoms with van der Waals surface area (Å²) < 4.78 is 5.49. The summed E-state index contributed by atoms with van der Waals surface area (Å²) in [6, 6.07) is 6.60. The Kier molecular flexibility index (Phi) is 5.29. The molecule has 1 aromatic rings. The molecule has 0 bridgehead atoms. The normalized spacial score (nSPS) is 20.6. The van der Waals surface area contributed by atoms with E-state index >= 15 is 0 Å². The van der Waals surface area contributed by atoms with Gasteiger partial charge in [0.2, 0.25) is 5.88 Å². The highest BCUT2D eigenvalue weighted by Crippen LogP contribution is 2.25. The number of nitrogens with zero attached hydrogens (tertiary/aromatic N) is 2. The van der Waals surface area contributed by atoms with Crippen molar-refractivity contribution in [2.24, 2.45) is 0 Å². The van der Waals surface area contributed by atoms with E-state index < -0.39 is 0 Å². The average Bonchev–Trinajstić information content (AvgIpc) is 2.64. The highest BCUT2D eigenvalue weighted by atomic mass is 79.9. The SMILES string of the molecule is CCOc1cccc(N2CCCCCC2CBr)n1. The van der Waals surface area contributed by atoms with Gasteiger partial charge in [-0.25, -0.2) is 0 Å². The molecular weight excluding hydrogens is 292 g/mol. The summed E-state index contributed by atoms with van der Waals surface area (Å²) in [6.07, 6.45) is 5.14. The van der Waals surface area contributed by atoms with Crippen LogP contribution >= 0.6 is 15.9 Å². The molecule has 1 unspecified atom stereocenters. The first kappa shape index (κ1) is 13.7. The van der Waals surface area contributed by atoms with Crippen molar-refractivity contribution in [3.63, 3.8) is 0 Å². The molecule has 0 aromatic carbocycles. The van der Waals surface area contributed by atoms with E-state index in [1.165, 1.54) is 25.7 Å². The van der Waals surface area contributed by atoms with Crippen LogP contribution in [-0.4, -0.2) is 29.5 Å². The Morgan fingerprint density at radius 3 is 3.06 bits per heavy atom. The van der Waals surface area contributed by atoms with Crippen LogP contribution in [0.25, 0.3) is 0 Å². The fourth-order valence-corrected chi connectivity index (χ4v) is 3.10. The molecule has 1 fully saturated rings. The van der Waals surface area contributed by atoms with Gasteiger partial charge in [0.1, 0.15) is 5.82 Å². The molecule has 1 atom stereocenters. The van der Waals surface area contributed by atoms with Crippen LogP contribution in [0.4, 0.5) is 5.82 Å². The van der Waals surface area contributed by atoms with Gasteiger partial charge in [-0.2, -0.15) is 4.98 Å². The van der Waals surface area contributed by atoms with Crippen LogP contribution in [0.15, 0.2) is 18.2 Å². The van der Waals surface area contributed by atoms with Crippen molar-refractivity contribution < 1.29 is 4.74 Å². The van der Waals surface area contributed by atoms with Crippen LogP contribution in [0, 0.1) is 0 Å². The molecule has 0 aliphatic carbocycles. The number of pyridine rings is 1. The first-order chi connectivity index (χ1) is 8.85. The van der Waals surface area contributed by atoms with Crippen molar-refractivity contribution in [3.05, 3.63) is 18.2 Å². The molecule has 2 rings (SSSR count). The first-order valence-electron chi connectivity index (χ1n) is 6.77. The fourth-order valence-electron chi connectivity index (χ4n) is 2.43. The van der Waals surface area contributed by atoms with Crippen molar-refractivity contribution in [1.82, 2.24) is 4.98 Å². The van der Waals surface area contributed by atoms with Gasteiger partial charge in [0, 0.05) is 24.0 Å². The summed E-state index contributed by atoms with van der Waals surface area (Å²) in [5, 5.41) is 1.01. The van der Waals surface area contributed by atoms with Gasteiger partial charge in [-0.15, -0.1) is 0 Å². The minimum atomic E-state index is 0.553. The topological polar surface area (TPSA) is 25.4 Å². The molecule has 4 heteroatoms. The van der Waals surface area contributed by atoms with Crippen molar-refractivity contribution in [3.8, 4) is 5.88 Å². The van der Waals surface area contributed by atoms with Gasteiger partial charge >= 0.3 is 0 Å². The zero-order valence-electron chi connectivity index (χ0n) is 10.9. The Hall–Kier alpha value is -0.770. The van der Waals surface area contributed by atoms with E-state index in [1.54, 1.807) is 0 Å². The van der Waals surface area contributed by atoms with Crippen LogP contribution in [0.5, 0.6) is 5.88 Å². The second kappa shape index (κ2) is 6.98. The van der Waals surface area contributed by atoms with Crippen molar-refractivity contribution in [2.45, 2.75) is 38.6 Å². The van der Waals surface area contributed by atoms with E-state index in [4.69, 9.17) is 4.74 Å². The van der Waals surface area contributed by atoms with Crippen molar-refractivity contribution in [2.75, 3.05) is 23.4 Å². The molecule has 1 saturated heterocycles. The van der Waals surface area contributed by atoms with Crippen molar-refractivity contribution >= 4 is 21.7 Å². The van der Waals surface area contributed by atoms with E-state index in [9.17, 15) is 0 Å². The van der Waals surface area contributed by atoms with Crippen LogP contribution < -0.4 is 9.64 Å². The summed E-state index contributed by atoms with van der Waals surface area (Å²) in [6.45, 7) is 3.75. The monoisotopic (exact) mass is 312 g/mol. The summed E-state index contributed by atoms with van der Waals surface area (Å²) in [4.78, 5) is 7.03. The van der Waals surface area contributed by atoms with Crippen LogP contribution in [-0.2, 0) is 0 Å². The third-order valence-electron chi connectivity index (χ3n) is 3.35. The smallest absolute Gasteiger partial charge is 0.215 e. The number of hydrogen-bond acceptors (Lipinski definition) is 3. The van der Waals surface area contributed by atoms with E-state index in [1.807, 2.05) is 19.1 Å².